The van der Waals surface area contributed by atoms with Gasteiger partial charge < -0.3 is 9.47 Å². The van der Waals surface area contributed by atoms with Crippen LogP contribution >= 0.6 is 22.9 Å². The number of alkyl halides is 3. The number of thiazole rings is 1. The lowest BCUT2D eigenvalue weighted by Gasteiger charge is -2.09. The summed E-state index contributed by atoms with van der Waals surface area (Å²) in [5.74, 6) is 0.0546. The van der Waals surface area contributed by atoms with Crippen LogP contribution in [0, 0.1) is 0 Å². The molecule has 0 aromatic carbocycles. The number of aromatic nitrogens is 4. The van der Waals surface area contributed by atoms with E-state index in [1.165, 1.54) is 6.20 Å². The Morgan fingerprint density at radius 3 is 2.64 bits per heavy atom. The number of Topliss-reactive ketones (excluding diaryl/α,β-unsaturated/α-hetero) is 2. The van der Waals surface area contributed by atoms with Crippen LogP contribution < -0.4 is 4.90 Å². The highest BCUT2D eigenvalue weighted by molar-refractivity contribution is 7.13. The topological polar surface area (TPSA) is 81.0 Å². The summed E-state index contributed by atoms with van der Waals surface area (Å²) in [6, 6.07) is 0.783. The number of fused-ring (bicyclic) bond motifs is 1. The number of ketones is 2. The van der Waals surface area contributed by atoms with E-state index in [0.717, 1.165) is 36.1 Å². The molecule has 0 saturated heterocycles. The van der Waals surface area contributed by atoms with Crippen molar-refractivity contribution in [1.29, 1.82) is 0 Å². The number of pyridine rings is 1. The fraction of sp³-hybridized carbons (Fsp3) is 0.381. The maximum absolute atomic E-state index is 13.0. The molecule has 7 nitrogen and oxygen atoms in total. The van der Waals surface area contributed by atoms with Crippen molar-refractivity contribution in [3.63, 3.8) is 0 Å². The summed E-state index contributed by atoms with van der Waals surface area (Å²) in [6.45, 7) is 3.34. The zero-order valence-electron chi connectivity index (χ0n) is 17.7. The third-order valence-corrected chi connectivity index (χ3v) is 6.96. The van der Waals surface area contributed by atoms with E-state index >= 15 is 0 Å². The second-order valence-electron chi connectivity index (χ2n) is 7.86. The van der Waals surface area contributed by atoms with Crippen LogP contribution in [0.2, 0.25) is 5.02 Å². The smallest absolute Gasteiger partial charge is 0.344 e. The predicted molar refractivity (Wildman–Crippen MR) is 117 cm³/mol. The van der Waals surface area contributed by atoms with Crippen LogP contribution in [0.4, 0.5) is 19.1 Å². The number of hydrogen-bond acceptors (Lipinski definition) is 7. The number of carbonyl (C=O) groups is 2. The number of hydrogen-bond donors (Lipinski definition) is 0. The summed E-state index contributed by atoms with van der Waals surface area (Å²) in [6.07, 6.45) is -0.902. The van der Waals surface area contributed by atoms with Gasteiger partial charge in [0.1, 0.15) is 5.69 Å². The van der Waals surface area contributed by atoms with E-state index in [1.54, 1.807) is 6.20 Å². The highest BCUT2D eigenvalue weighted by Gasteiger charge is 2.34. The molecule has 1 aliphatic heterocycles. The molecule has 33 heavy (non-hydrogen) atoms. The molecule has 174 valence electrons. The zero-order chi connectivity index (χ0) is 23.9. The van der Waals surface area contributed by atoms with E-state index < -0.39 is 22.5 Å². The third-order valence-electron chi connectivity index (χ3n) is 5.39. The minimum atomic E-state index is -4.64. The van der Waals surface area contributed by atoms with E-state index in [9.17, 15) is 22.8 Å². The first-order valence-electron chi connectivity index (χ1n) is 10.0. The highest BCUT2D eigenvalue weighted by Crippen LogP contribution is 2.35. The van der Waals surface area contributed by atoms with Gasteiger partial charge in [-0.1, -0.05) is 18.5 Å². The lowest BCUT2D eigenvalue weighted by molar-refractivity contribution is -0.137. The summed E-state index contributed by atoms with van der Waals surface area (Å²) in [5, 5.41) is 0.0813. The predicted octanol–water partition coefficient (Wildman–Crippen LogP) is 4.66. The van der Waals surface area contributed by atoms with E-state index in [1.807, 2.05) is 23.4 Å². The van der Waals surface area contributed by atoms with Gasteiger partial charge in [0.2, 0.25) is 5.95 Å². The molecule has 0 spiro atoms. The molecule has 0 N–H and O–H groups in total. The average molecular weight is 498 g/mol. The van der Waals surface area contributed by atoms with Gasteiger partial charge in [-0.15, -0.1) is 11.3 Å². The Bertz CT molecular complexity index is 1220. The number of imidazole rings is 1. The average Bonchev–Trinajstić information content (AvgIpc) is 3.46. The standard InChI is InChI=1S/C21H19ClF3N5O2S/c1-11(5-16(31)15-9-28-20-29(2)3-4-30(15)20)19-27-10-18(33-19)17(32)7-12-6-13(21(23,24)25)14(22)8-26-12/h6,8-11H,3-5,7H2,1-2H3/t11-/m0/s1. The van der Waals surface area contributed by atoms with Gasteiger partial charge in [-0.2, -0.15) is 13.2 Å². The minimum absolute atomic E-state index is 0.0329. The van der Waals surface area contributed by atoms with Gasteiger partial charge in [0, 0.05) is 50.6 Å². The number of anilines is 1. The minimum Gasteiger partial charge on any atom is -0.344 e. The molecule has 0 unspecified atom stereocenters. The second kappa shape index (κ2) is 8.86. The largest absolute Gasteiger partial charge is 0.417 e. The molecule has 3 aromatic heterocycles. The maximum Gasteiger partial charge on any atom is 0.417 e. The zero-order valence-corrected chi connectivity index (χ0v) is 19.3. The summed E-state index contributed by atoms with van der Waals surface area (Å²) >= 11 is 6.71. The number of carbonyl (C=O) groups excluding carboxylic acids is 2. The molecule has 0 fully saturated rings. The van der Waals surface area contributed by atoms with Crippen molar-refractivity contribution in [2.45, 2.75) is 38.4 Å². The second-order valence-corrected chi connectivity index (χ2v) is 9.33. The molecule has 4 rings (SSSR count). The molecule has 0 aliphatic carbocycles. The summed E-state index contributed by atoms with van der Waals surface area (Å²) < 4.78 is 41.0. The number of rotatable bonds is 7. The third kappa shape index (κ3) is 4.79. The van der Waals surface area contributed by atoms with Crippen LogP contribution in [0.3, 0.4) is 0 Å². The monoisotopic (exact) mass is 497 g/mol. The van der Waals surface area contributed by atoms with E-state index in [4.69, 9.17) is 11.6 Å². The fourth-order valence-electron chi connectivity index (χ4n) is 3.63. The first kappa shape index (κ1) is 23.4. The van der Waals surface area contributed by atoms with Crippen LogP contribution in [0.15, 0.2) is 24.7 Å². The Kier molecular flexibility index (Phi) is 6.28. The van der Waals surface area contributed by atoms with Gasteiger partial charge in [-0.3, -0.25) is 14.6 Å². The van der Waals surface area contributed by atoms with Crippen molar-refractivity contribution in [3.05, 3.63) is 56.5 Å². The van der Waals surface area contributed by atoms with Gasteiger partial charge >= 0.3 is 6.18 Å². The van der Waals surface area contributed by atoms with Crippen LogP contribution in [0.25, 0.3) is 0 Å². The summed E-state index contributed by atoms with van der Waals surface area (Å²) in [7, 11) is 1.92. The Balaban J connectivity index is 1.43. The Hall–Kier alpha value is -2.79. The van der Waals surface area contributed by atoms with E-state index in [-0.39, 0.29) is 30.2 Å². The van der Waals surface area contributed by atoms with Crippen molar-refractivity contribution in [2.24, 2.45) is 0 Å². The maximum atomic E-state index is 13.0. The normalized spacial score (nSPS) is 14.4. The van der Waals surface area contributed by atoms with Crippen molar-refractivity contribution in [2.75, 3.05) is 18.5 Å². The molecule has 3 aromatic rings. The van der Waals surface area contributed by atoms with Crippen molar-refractivity contribution in [3.8, 4) is 0 Å². The molecule has 0 bridgehead atoms. The van der Waals surface area contributed by atoms with Crippen molar-refractivity contribution >= 4 is 40.5 Å². The molecular formula is C21H19ClF3N5O2S. The van der Waals surface area contributed by atoms with Gasteiger partial charge in [0.15, 0.2) is 11.6 Å². The van der Waals surface area contributed by atoms with E-state index in [0.29, 0.717) is 22.1 Å². The molecule has 0 radical (unpaired) electrons. The molecule has 4 heterocycles. The van der Waals surface area contributed by atoms with Crippen molar-refractivity contribution < 1.29 is 22.8 Å². The Morgan fingerprint density at radius 2 is 1.91 bits per heavy atom. The Labute approximate surface area is 196 Å². The van der Waals surface area contributed by atoms with Gasteiger partial charge in [0.25, 0.3) is 0 Å². The highest BCUT2D eigenvalue weighted by atomic mass is 35.5. The SMILES string of the molecule is C[C@@H](CC(=O)c1cnc2n1CCN2C)c1ncc(C(=O)Cc2cc(C(F)(F)F)c(Cl)cn2)s1. The van der Waals surface area contributed by atoms with Crippen LogP contribution in [0.1, 0.15) is 55.7 Å². The lowest BCUT2D eigenvalue weighted by Crippen LogP contribution is -2.13. The molecule has 1 atom stereocenters. The van der Waals surface area contributed by atoms with Crippen molar-refractivity contribution in [1.82, 2.24) is 19.5 Å². The quantitative estimate of drug-likeness (QED) is 0.442. The molecule has 0 amide bonds. The molecule has 0 saturated carbocycles. The Morgan fingerprint density at radius 1 is 1.15 bits per heavy atom. The molecule has 12 heteroatoms. The molecule has 1 aliphatic rings. The summed E-state index contributed by atoms with van der Waals surface area (Å²) in [4.78, 5) is 40.1. The fourth-order valence-corrected chi connectivity index (χ4v) is 4.74. The van der Waals surface area contributed by atoms with Crippen LogP contribution in [-0.4, -0.2) is 44.7 Å². The number of nitrogens with zero attached hydrogens (tertiary/aromatic N) is 5. The van der Waals surface area contributed by atoms with Crippen LogP contribution in [-0.2, 0) is 19.1 Å². The molecular weight excluding hydrogens is 479 g/mol. The van der Waals surface area contributed by atoms with Crippen LogP contribution in [0.5, 0.6) is 0 Å². The number of halogens is 4. The first-order chi connectivity index (χ1) is 15.5. The summed E-state index contributed by atoms with van der Waals surface area (Å²) in [5.41, 5.74) is -0.519. The van der Waals surface area contributed by atoms with Gasteiger partial charge in [0.05, 0.1) is 33.1 Å². The van der Waals surface area contributed by atoms with Gasteiger partial charge in [-0.05, 0) is 6.07 Å². The lowest BCUT2D eigenvalue weighted by atomic mass is 10.0. The van der Waals surface area contributed by atoms with Gasteiger partial charge in [-0.25, -0.2) is 9.97 Å². The number of likely N-dealkylation sites (N-methyl/N-ethyl adjacent to an activating group) is 1. The van der Waals surface area contributed by atoms with E-state index in [2.05, 4.69) is 15.0 Å². The first-order valence-corrected chi connectivity index (χ1v) is 11.2.